The molecule has 126 valence electrons. The topological polar surface area (TPSA) is 76.6 Å². The highest BCUT2D eigenvalue weighted by molar-refractivity contribution is 6.30. The predicted octanol–water partition coefficient (Wildman–Crippen LogP) is 1.48. The van der Waals surface area contributed by atoms with E-state index < -0.39 is 5.91 Å². The number of hydrogen-bond donors (Lipinski definition) is 3. The molecule has 2 atom stereocenters. The number of anilines is 1. The summed E-state index contributed by atoms with van der Waals surface area (Å²) in [5, 5.41) is 3.53. The molecule has 0 radical (unpaired) electrons. The van der Waals surface area contributed by atoms with Crippen LogP contribution in [0.25, 0.3) is 0 Å². The zero-order valence-electron chi connectivity index (χ0n) is 13.7. The quantitative estimate of drug-likeness (QED) is 0.741. The molecule has 6 heteroatoms. The molecule has 4 N–H and O–H groups in total. The van der Waals surface area contributed by atoms with E-state index in [-0.39, 0.29) is 11.9 Å². The van der Waals surface area contributed by atoms with Crippen molar-refractivity contribution in [2.75, 3.05) is 12.4 Å². The van der Waals surface area contributed by atoms with Gasteiger partial charge in [0, 0.05) is 21.8 Å². The highest BCUT2D eigenvalue weighted by atomic mass is 35.5. The van der Waals surface area contributed by atoms with Crippen LogP contribution in [0.5, 0.6) is 0 Å². The minimum atomic E-state index is -0.494. The van der Waals surface area contributed by atoms with Gasteiger partial charge < -0.3 is 16.0 Å². The fourth-order valence-corrected chi connectivity index (χ4v) is 2.53. The van der Waals surface area contributed by atoms with Crippen molar-refractivity contribution in [2.24, 2.45) is 5.73 Å². The van der Waals surface area contributed by atoms with Crippen LogP contribution in [0.3, 0.4) is 0 Å². The first-order valence-corrected chi connectivity index (χ1v) is 8.02. The molecule has 0 spiro atoms. The lowest BCUT2D eigenvalue weighted by Crippen LogP contribution is -3.12. The smallest absolute Gasteiger partial charge is 0.282 e. The summed E-state index contributed by atoms with van der Waals surface area (Å²) in [6.45, 7) is 2.56. The van der Waals surface area contributed by atoms with Crippen molar-refractivity contribution in [1.82, 2.24) is 0 Å². The minimum absolute atomic E-state index is 0.0960. The maximum absolute atomic E-state index is 12.4. The van der Waals surface area contributed by atoms with Crippen LogP contribution < -0.4 is 16.0 Å². The average molecular weight is 347 g/mol. The molecule has 0 aliphatic rings. The fourth-order valence-electron chi connectivity index (χ4n) is 2.31. The summed E-state index contributed by atoms with van der Waals surface area (Å²) in [5.74, 6) is -0.590. The molecule has 0 aliphatic heterocycles. The molecule has 2 amide bonds. The SMILES string of the molecule is C[C@H](C(=O)Nc1ccc(C(N)=O)cc1)[NH+](C)Cc1cccc(Cl)c1. The number of carbonyl (C=O) groups is 2. The molecule has 0 heterocycles. The molecule has 24 heavy (non-hydrogen) atoms. The summed E-state index contributed by atoms with van der Waals surface area (Å²) in [4.78, 5) is 24.5. The Labute approximate surface area is 146 Å². The van der Waals surface area contributed by atoms with Crippen LogP contribution >= 0.6 is 11.6 Å². The number of likely N-dealkylation sites (N-methyl/N-ethyl adjacent to an activating group) is 1. The lowest BCUT2D eigenvalue weighted by molar-refractivity contribution is -0.907. The molecule has 5 nitrogen and oxygen atoms in total. The summed E-state index contributed by atoms with van der Waals surface area (Å²) in [5.41, 5.74) is 7.31. The number of halogens is 1. The summed E-state index contributed by atoms with van der Waals surface area (Å²) in [6.07, 6.45) is 0. The van der Waals surface area contributed by atoms with Crippen LogP contribution in [-0.4, -0.2) is 24.9 Å². The van der Waals surface area contributed by atoms with Crippen molar-refractivity contribution in [3.63, 3.8) is 0 Å². The Morgan fingerprint density at radius 2 is 1.88 bits per heavy atom. The average Bonchev–Trinajstić information content (AvgIpc) is 2.54. The summed E-state index contributed by atoms with van der Waals surface area (Å²) < 4.78 is 0. The zero-order valence-corrected chi connectivity index (χ0v) is 14.4. The minimum Gasteiger partial charge on any atom is -0.366 e. The molecule has 2 aromatic rings. The van der Waals surface area contributed by atoms with Crippen molar-refractivity contribution in [1.29, 1.82) is 0 Å². The first-order valence-electron chi connectivity index (χ1n) is 7.64. The Hall–Kier alpha value is -2.37. The molecule has 0 saturated carbocycles. The van der Waals surface area contributed by atoms with Crippen LogP contribution in [0.4, 0.5) is 5.69 Å². The summed E-state index contributed by atoms with van der Waals surface area (Å²) in [6, 6.07) is 13.9. The third-order valence-electron chi connectivity index (χ3n) is 3.94. The molecular formula is C18H21ClN3O2+. The van der Waals surface area contributed by atoms with Crippen LogP contribution in [-0.2, 0) is 11.3 Å². The van der Waals surface area contributed by atoms with E-state index in [1.54, 1.807) is 24.3 Å². The van der Waals surface area contributed by atoms with Gasteiger partial charge in [0.05, 0.1) is 7.05 Å². The van der Waals surface area contributed by atoms with Gasteiger partial charge in [-0.3, -0.25) is 9.59 Å². The lowest BCUT2D eigenvalue weighted by Gasteiger charge is -2.21. The van der Waals surface area contributed by atoms with Gasteiger partial charge in [0.2, 0.25) is 5.91 Å². The van der Waals surface area contributed by atoms with Gasteiger partial charge >= 0.3 is 0 Å². The van der Waals surface area contributed by atoms with E-state index >= 15 is 0 Å². The van der Waals surface area contributed by atoms with Crippen molar-refractivity contribution in [2.45, 2.75) is 19.5 Å². The third kappa shape index (κ3) is 4.81. The van der Waals surface area contributed by atoms with Crippen molar-refractivity contribution < 1.29 is 14.5 Å². The monoisotopic (exact) mass is 346 g/mol. The summed E-state index contributed by atoms with van der Waals surface area (Å²) >= 11 is 5.99. The molecule has 1 unspecified atom stereocenters. The zero-order chi connectivity index (χ0) is 17.7. The van der Waals surface area contributed by atoms with Gasteiger partial charge in [-0.1, -0.05) is 23.7 Å². The second-order valence-corrected chi connectivity index (χ2v) is 6.24. The van der Waals surface area contributed by atoms with Crippen molar-refractivity contribution >= 4 is 29.1 Å². The fraction of sp³-hybridized carbons (Fsp3) is 0.222. The van der Waals surface area contributed by atoms with Gasteiger partial charge in [0.25, 0.3) is 5.91 Å². The number of carbonyl (C=O) groups excluding carboxylic acids is 2. The molecular weight excluding hydrogens is 326 g/mol. The Morgan fingerprint density at radius 3 is 2.46 bits per heavy atom. The number of nitrogens with two attached hydrogens (primary N) is 1. The van der Waals surface area contributed by atoms with Crippen LogP contribution in [0.1, 0.15) is 22.8 Å². The Kier molecular flexibility index (Phi) is 5.95. The van der Waals surface area contributed by atoms with Gasteiger partial charge in [0.1, 0.15) is 6.54 Å². The number of primary amides is 1. The Morgan fingerprint density at radius 1 is 1.21 bits per heavy atom. The number of benzene rings is 2. The van der Waals surface area contributed by atoms with E-state index in [0.29, 0.717) is 22.8 Å². The largest absolute Gasteiger partial charge is 0.366 e. The van der Waals surface area contributed by atoms with E-state index in [4.69, 9.17) is 17.3 Å². The first kappa shape index (κ1) is 18.0. The third-order valence-corrected chi connectivity index (χ3v) is 4.18. The van der Waals surface area contributed by atoms with Crippen LogP contribution in [0, 0.1) is 0 Å². The maximum atomic E-state index is 12.4. The lowest BCUT2D eigenvalue weighted by atomic mass is 10.1. The normalized spacial score (nSPS) is 13.1. The first-order chi connectivity index (χ1) is 11.4. The number of nitrogens with one attached hydrogen (secondary N) is 2. The molecule has 2 aromatic carbocycles. The second kappa shape index (κ2) is 7.95. The van der Waals surface area contributed by atoms with Crippen LogP contribution in [0.15, 0.2) is 48.5 Å². The molecule has 0 bridgehead atoms. The number of hydrogen-bond acceptors (Lipinski definition) is 2. The van der Waals surface area contributed by atoms with E-state index in [1.807, 2.05) is 38.2 Å². The van der Waals surface area contributed by atoms with Gasteiger partial charge in [0.15, 0.2) is 6.04 Å². The molecule has 0 aliphatic carbocycles. The van der Waals surface area contributed by atoms with Gasteiger partial charge in [-0.2, -0.15) is 0 Å². The Bertz CT molecular complexity index is 731. The Balaban J connectivity index is 1.96. The van der Waals surface area contributed by atoms with Crippen molar-refractivity contribution in [3.05, 3.63) is 64.7 Å². The summed E-state index contributed by atoms with van der Waals surface area (Å²) in [7, 11) is 1.96. The molecule has 0 saturated heterocycles. The molecule has 0 aromatic heterocycles. The van der Waals surface area contributed by atoms with E-state index in [0.717, 1.165) is 10.5 Å². The maximum Gasteiger partial charge on any atom is 0.282 e. The van der Waals surface area contributed by atoms with E-state index in [1.165, 1.54) is 0 Å². The number of amides is 2. The van der Waals surface area contributed by atoms with Gasteiger partial charge in [-0.25, -0.2) is 0 Å². The predicted molar refractivity (Wildman–Crippen MR) is 95.1 cm³/mol. The van der Waals surface area contributed by atoms with Gasteiger partial charge in [-0.15, -0.1) is 0 Å². The second-order valence-electron chi connectivity index (χ2n) is 5.81. The van der Waals surface area contributed by atoms with Gasteiger partial charge in [-0.05, 0) is 43.3 Å². The van der Waals surface area contributed by atoms with E-state index in [9.17, 15) is 9.59 Å². The number of quaternary nitrogens is 1. The van der Waals surface area contributed by atoms with Crippen molar-refractivity contribution in [3.8, 4) is 0 Å². The standard InChI is InChI=1S/C18H20ClN3O2/c1-12(22(2)11-13-4-3-5-15(19)10-13)18(24)21-16-8-6-14(7-9-16)17(20)23/h3-10,12H,11H2,1-2H3,(H2,20,23)(H,21,24)/p+1/t12-/m1/s1. The molecule has 0 fully saturated rings. The highest BCUT2D eigenvalue weighted by Crippen LogP contribution is 2.10. The highest BCUT2D eigenvalue weighted by Gasteiger charge is 2.22. The molecule has 2 rings (SSSR count). The number of rotatable bonds is 6. The van der Waals surface area contributed by atoms with E-state index in [2.05, 4.69) is 5.32 Å². The van der Waals surface area contributed by atoms with Crippen LogP contribution in [0.2, 0.25) is 5.02 Å².